The fourth-order valence-corrected chi connectivity index (χ4v) is 1.02. The van der Waals surface area contributed by atoms with Crippen molar-refractivity contribution < 1.29 is 51.8 Å². The van der Waals surface area contributed by atoms with E-state index in [1.54, 1.807) is 0 Å². The summed E-state index contributed by atoms with van der Waals surface area (Å²) >= 11 is 0. The Kier molecular flexibility index (Phi) is 14.0. The van der Waals surface area contributed by atoms with E-state index in [1.807, 2.05) is 0 Å². The molecule has 0 amide bonds. The third-order valence-corrected chi connectivity index (χ3v) is 1.83. The van der Waals surface area contributed by atoms with Crippen LogP contribution in [-0.2, 0) is 21.1 Å². The molecule has 0 aliphatic heterocycles. The van der Waals surface area contributed by atoms with Crippen molar-refractivity contribution in [3.05, 3.63) is 37.9 Å². The van der Waals surface area contributed by atoms with Crippen molar-refractivity contribution in [2.75, 3.05) is 0 Å². The van der Waals surface area contributed by atoms with Gasteiger partial charge < -0.3 is 11.8 Å². The third-order valence-electron chi connectivity index (χ3n) is 1.83. The summed E-state index contributed by atoms with van der Waals surface area (Å²) in [6, 6.07) is 0. The van der Waals surface area contributed by atoms with Crippen molar-refractivity contribution >= 4 is 0 Å². The van der Waals surface area contributed by atoms with E-state index < -0.39 is 18.5 Å². The average molecular weight is 487 g/mol. The van der Waals surface area contributed by atoms with Gasteiger partial charge in [-0.25, -0.2) is 26.3 Å². The van der Waals surface area contributed by atoms with Crippen LogP contribution in [0.2, 0.25) is 0 Å². The maximum Gasteiger partial charge on any atom is 2.00 e. The Morgan fingerprint density at radius 1 is 0.650 bits per heavy atom. The van der Waals surface area contributed by atoms with Crippen molar-refractivity contribution in [2.45, 2.75) is 38.0 Å². The van der Waals surface area contributed by atoms with E-state index in [0.717, 1.165) is 0 Å². The zero-order valence-electron chi connectivity index (χ0n) is 10.6. The fourth-order valence-electron chi connectivity index (χ4n) is 1.02. The Labute approximate surface area is 128 Å². The molecule has 20 heavy (non-hydrogen) atoms. The summed E-state index contributed by atoms with van der Waals surface area (Å²) < 4.78 is 76.0. The minimum absolute atomic E-state index is 0. The number of allylic oxidation sites excluding steroid dienone is 4. The summed E-state index contributed by atoms with van der Waals surface area (Å²) in [7, 11) is 0. The van der Waals surface area contributed by atoms with Gasteiger partial charge in [0.1, 0.15) is 0 Å². The molecule has 8 heteroatoms. The molecule has 0 saturated carbocycles. The SMILES string of the molecule is C1=C\CC/C=C\CC/1.F[C-](C(F)(F)F)C(F)(F)F.[CH3-].[Pt+2]. The molecule has 0 spiro atoms. The average Bonchev–Trinajstić information content (AvgIpc) is 2.13. The first-order valence-corrected chi connectivity index (χ1v) is 5.12. The Bertz CT molecular complexity index is 239. The van der Waals surface area contributed by atoms with Gasteiger partial charge >= 0.3 is 33.4 Å². The minimum Gasteiger partial charge on any atom is -0.438 e. The molecular weight excluding hydrogens is 472 g/mol. The van der Waals surface area contributed by atoms with E-state index in [1.165, 1.54) is 25.7 Å². The molecule has 1 rings (SSSR count). The molecular formula is C12H15F7Pt. The zero-order valence-corrected chi connectivity index (χ0v) is 12.9. The normalized spacial score (nSPS) is 18.4. The van der Waals surface area contributed by atoms with Crippen LogP contribution in [0, 0.1) is 13.6 Å². The van der Waals surface area contributed by atoms with E-state index in [-0.39, 0.29) is 28.5 Å². The Morgan fingerprint density at radius 3 is 0.950 bits per heavy atom. The summed E-state index contributed by atoms with van der Waals surface area (Å²) in [4.78, 5) is 0. The molecule has 0 aromatic heterocycles. The van der Waals surface area contributed by atoms with Gasteiger partial charge in [-0.1, -0.05) is 24.3 Å². The monoisotopic (exact) mass is 487 g/mol. The molecule has 0 atom stereocenters. The second kappa shape index (κ2) is 11.4. The maximum atomic E-state index is 11.1. The van der Waals surface area contributed by atoms with Crippen LogP contribution in [0.25, 0.3) is 0 Å². The fraction of sp³-hybridized carbons (Fsp3) is 0.500. The molecule has 0 radical (unpaired) electrons. The van der Waals surface area contributed by atoms with Crippen molar-refractivity contribution in [1.29, 1.82) is 0 Å². The van der Waals surface area contributed by atoms with Gasteiger partial charge in [0.05, 0.1) is 0 Å². The summed E-state index contributed by atoms with van der Waals surface area (Å²) in [5.41, 5.74) is 0. The second-order valence-corrected chi connectivity index (χ2v) is 3.41. The van der Waals surface area contributed by atoms with Crippen LogP contribution in [0.3, 0.4) is 0 Å². The number of alkyl halides is 6. The van der Waals surface area contributed by atoms with E-state index in [9.17, 15) is 30.7 Å². The topological polar surface area (TPSA) is 0 Å². The van der Waals surface area contributed by atoms with E-state index in [0.29, 0.717) is 0 Å². The first kappa shape index (κ1) is 24.7. The third kappa shape index (κ3) is 12.7. The van der Waals surface area contributed by atoms with Crippen LogP contribution in [-0.4, -0.2) is 12.4 Å². The molecule has 122 valence electrons. The molecule has 0 fully saturated rings. The second-order valence-electron chi connectivity index (χ2n) is 3.41. The maximum absolute atomic E-state index is 11.1. The summed E-state index contributed by atoms with van der Waals surface area (Å²) in [6.45, 7) is 0. The molecule has 0 bridgehead atoms. The van der Waals surface area contributed by atoms with Gasteiger partial charge in [0.2, 0.25) is 0 Å². The number of halogens is 7. The number of hydrogen-bond donors (Lipinski definition) is 0. The van der Waals surface area contributed by atoms with E-state index >= 15 is 0 Å². The molecule has 0 aromatic rings. The predicted molar refractivity (Wildman–Crippen MR) is 59.6 cm³/mol. The van der Waals surface area contributed by atoms with Gasteiger partial charge in [-0.15, -0.1) is 0 Å². The molecule has 0 unspecified atom stereocenters. The number of hydrogen-bond acceptors (Lipinski definition) is 0. The molecule has 1 aliphatic carbocycles. The first-order valence-electron chi connectivity index (χ1n) is 5.12. The van der Waals surface area contributed by atoms with Crippen LogP contribution in [0.1, 0.15) is 25.7 Å². The Balaban J connectivity index is -0.000000266. The minimum atomic E-state index is -5.93. The largest absolute Gasteiger partial charge is 2.00 e. The van der Waals surface area contributed by atoms with Crippen molar-refractivity contribution in [3.8, 4) is 0 Å². The van der Waals surface area contributed by atoms with Gasteiger partial charge in [-0.3, -0.25) is 0 Å². The van der Waals surface area contributed by atoms with Gasteiger partial charge in [-0.2, -0.15) is 0 Å². The molecule has 0 N–H and O–H groups in total. The summed E-state index contributed by atoms with van der Waals surface area (Å²) in [5, 5.41) is 0. The van der Waals surface area contributed by atoms with Crippen molar-refractivity contribution in [2.24, 2.45) is 0 Å². The summed E-state index contributed by atoms with van der Waals surface area (Å²) in [6.07, 6.45) is -1.80. The first-order chi connectivity index (χ1) is 8.15. The van der Waals surface area contributed by atoms with Crippen LogP contribution in [0.4, 0.5) is 30.7 Å². The van der Waals surface area contributed by atoms with Crippen LogP contribution in [0.5, 0.6) is 0 Å². The molecule has 0 nitrogen and oxygen atoms in total. The standard InChI is InChI=1S/C8H12.C3F7.CH3.Pt/c1-2-4-6-8-7-5-3-1;4-1(2(5,6)7)3(8,9)10;;/h1-2,7-8H,3-6H2;;1H3;/q;2*-1;+2/b2-1-,8-7-;;;. The predicted octanol–water partition coefficient (Wildman–Crippen LogP) is 5.73. The van der Waals surface area contributed by atoms with Gasteiger partial charge in [0.25, 0.3) is 0 Å². The molecule has 0 aromatic carbocycles. The Morgan fingerprint density at radius 2 is 0.850 bits per heavy atom. The van der Waals surface area contributed by atoms with E-state index in [2.05, 4.69) is 24.3 Å². The Hall–Kier alpha value is -0.322. The molecule has 1 aliphatic rings. The quantitative estimate of drug-likeness (QED) is 0.233. The van der Waals surface area contributed by atoms with Gasteiger partial charge in [-0.05, 0) is 25.7 Å². The smallest absolute Gasteiger partial charge is 0.438 e. The summed E-state index contributed by atoms with van der Waals surface area (Å²) in [5.74, 6) is 0. The molecule has 0 saturated heterocycles. The van der Waals surface area contributed by atoms with Crippen molar-refractivity contribution in [3.63, 3.8) is 0 Å². The van der Waals surface area contributed by atoms with Gasteiger partial charge in [0.15, 0.2) is 0 Å². The molecule has 0 heterocycles. The van der Waals surface area contributed by atoms with E-state index in [4.69, 9.17) is 0 Å². The number of rotatable bonds is 0. The van der Waals surface area contributed by atoms with Crippen LogP contribution in [0.15, 0.2) is 24.3 Å². The van der Waals surface area contributed by atoms with Crippen molar-refractivity contribution in [1.82, 2.24) is 0 Å². The van der Waals surface area contributed by atoms with Crippen LogP contribution >= 0.6 is 0 Å². The zero-order chi connectivity index (χ0) is 14.2. The van der Waals surface area contributed by atoms with Crippen LogP contribution < -0.4 is 0 Å². The van der Waals surface area contributed by atoms with Gasteiger partial charge in [0, 0.05) is 6.17 Å².